The molecule has 1 aromatic carbocycles. The van der Waals surface area contributed by atoms with Crippen molar-refractivity contribution in [1.82, 2.24) is 4.98 Å². The monoisotopic (exact) mass is 461 g/mol. The van der Waals surface area contributed by atoms with Crippen molar-refractivity contribution in [3.8, 4) is 0 Å². The lowest BCUT2D eigenvalue weighted by molar-refractivity contribution is -0.143. The summed E-state index contributed by atoms with van der Waals surface area (Å²) in [5.41, 5.74) is -0.884. The number of aromatic nitrogens is 1. The Labute approximate surface area is 189 Å². The minimum Gasteiger partial charge on any atom is -0.479 e. The molecule has 0 radical (unpaired) electrons. The topological polar surface area (TPSA) is 109 Å². The Morgan fingerprint density at radius 2 is 1.71 bits per heavy atom. The summed E-state index contributed by atoms with van der Waals surface area (Å²) in [7, 11) is 0. The standard InChI is InChI=1S/C22H21Cl2N3O4/c1-11-17(21(2,3)18(11)28)27-22(4,20(30)31)12-5-7-13(8-6-12)26-19(29)16-14(23)9-25-10-15(16)24/h5-11H,1-4H3,(H,26,29)(H,30,31)/t11?,22-/m0/s1. The molecule has 1 saturated carbocycles. The lowest BCUT2D eigenvalue weighted by atomic mass is 9.61. The number of halogens is 2. The molecule has 0 bridgehead atoms. The van der Waals surface area contributed by atoms with Crippen molar-refractivity contribution in [1.29, 1.82) is 0 Å². The highest BCUT2D eigenvalue weighted by atomic mass is 35.5. The van der Waals surface area contributed by atoms with Gasteiger partial charge in [0.1, 0.15) is 0 Å². The number of carbonyl (C=O) groups is 3. The Morgan fingerprint density at radius 3 is 2.19 bits per heavy atom. The number of carboxylic acids is 1. The molecule has 1 amide bonds. The Bertz CT molecular complexity index is 1090. The molecule has 1 unspecified atom stereocenters. The van der Waals surface area contributed by atoms with Gasteiger partial charge in [-0.05, 0) is 38.5 Å². The summed E-state index contributed by atoms with van der Waals surface area (Å²) >= 11 is 12.0. The number of pyridine rings is 1. The maximum atomic E-state index is 12.5. The van der Waals surface area contributed by atoms with E-state index in [-0.39, 0.29) is 21.4 Å². The molecule has 2 aromatic rings. The van der Waals surface area contributed by atoms with Crippen molar-refractivity contribution in [2.24, 2.45) is 16.3 Å². The molecule has 1 heterocycles. The fraction of sp³-hybridized carbons (Fsp3) is 0.318. The number of ketones is 1. The first-order valence-electron chi connectivity index (χ1n) is 9.48. The highest BCUT2D eigenvalue weighted by molar-refractivity contribution is 6.40. The highest BCUT2D eigenvalue weighted by Gasteiger charge is 2.52. The molecular weight excluding hydrogens is 441 g/mol. The van der Waals surface area contributed by atoms with E-state index in [0.717, 1.165) is 0 Å². The van der Waals surface area contributed by atoms with Crippen LogP contribution in [-0.4, -0.2) is 33.5 Å². The number of carbonyl (C=O) groups excluding carboxylic acids is 2. The molecule has 162 valence electrons. The number of aliphatic carboxylic acids is 1. The third-order valence-corrected chi connectivity index (χ3v) is 6.18. The first-order chi connectivity index (χ1) is 14.4. The molecule has 7 nitrogen and oxygen atoms in total. The van der Waals surface area contributed by atoms with E-state index in [2.05, 4.69) is 15.3 Å². The van der Waals surface area contributed by atoms with E-state index in [0.29, 0.717) is 17.0 Å². The van der Waals surface area contributed by atoms with E-state index >= 15 is 0 Å². The van der Waals surface area contributed by atoms with Crippen molar-refractivity contribution in [3.63, 3.8) is 0 Å². The van der Waals surface area contributed by atoms with Gasteiger partial charge in [-0.3, -0.25) is 19.6 Å². The molecule has 2 N–H and O–H groups in total. The summed E-state index contributed by atoms with van der Waals surface area (Å²) in [5, 5.41) is 12.8. The molecule has 9 heteroatoms. The van der Waals surface area contributed by atoms with Crippen LogP contribution in [0.25, 0.3) is 0 Å². The van der Waals surface area contributed by atoms with Crippen LogP contribution in [-0.2, 0) is 15.1 Å². The van der Waals surface area contributed by atoms with Gasteiger partial charge in [-0.2, -0.15) is 0 Å². The number of hydrogen-bond acceptors (Lipinski definition) is 5. The minimum absolute atomic E-state index is 0.0329. The van der Waals surface area contributed by atoms with E-state index in [4.69, 9.17) is 23.2 Å². The SMILES string of the molecule is CC1C(=O)C(C)(C)C1=N[C@](C)(C(=O)O)c1ccc(NC(=O)c2c(Cl)cncc2Cl)cc1. The lowest BCUT2D eigenvalue weighted by Gasteiger charge is -2.42. The van der Waals surface area contributed by atoms with Crippen LogP contribution in [0.4, 0.5) is 5.69 Å². The Balaban J connectivity index is 1.89. The molecule has 1 fully saturated rings. The first kappa shape index (κ1) is 22.9. The van der Waals surface area contributed by atoms with Gasteiger partial charge in [0.2, 0.25) is 0 Å². The normalized spacial score (nSPS) is 20.6. The first-order valence-corrected chi connectivity index (χ1v) is 10.2. The second kappa shape index (κ2) is 8.05. The zero-order chi connectivity index (χ0) is 23.1. The Kier molecular flexibility index (Phi) is 5.95. The summed E-state index contributed by atoms with van der Waals surface area (Å²) < 4.78 is 0. The van der Waals surface area contributed by atoms with Crippen LogP contribution in [0.2, 0.25) is 10.0 Å². The maximum absolute atomic E-state index is 12.5. The number of carboxylic acid groups (broad SMARTS) is 1. The van der Waals surface area contributed by atoms with Crippen LogP contribution in [0.15, 0.2) is 41.7 Å². The van der Waals surface area contributed by atoms with Gasteiger partial charge in [-0.25, -0.2) is 4.79 Å². The Morgan fingerprint density at radius 1 is 1.16 bits per heavy atom. The molecule has 31 heavy (non-hydrogen) atoms. The van der Waals surface area contributed by atoms with Gasteiger partial charge in [-0.15, -0.1) is 0 Å². The highest BCUT2D eigenvalue weighted by Crippen LogP contribution is 2.41. The second-order valence-electron chi connectivity index (χ2n) is 8.09. The van der Waals surface area contributed by atoms with Gasteiger partial charge in [0.25, 0.3) is 5.91 Å². The number of nitrogens with zero attached hydrogens (tertiary/aromatic N) is 2. The maximum Gasteiger partial charge on any atom is 0.335 e. The zero-order valence-electron chi connectivity index (χ0n) is 17.4. The molecule has 0 spiro atoms. The van der Waals surface area contributed by atoms with E-state index in [9.17, 15) is 19.5 Å². The number of Topliss-reactive ketones (excluding diaryl/α,β-unsaturated/α-hetero) is 1. The third kappa shape index (κ3) is 3.95. The van der Waals surface area contributed by atoms with Gasteiger partial charge in [0, 0.05) is 23.8 Å². The number of hydrogen-bond donors (Lipinski definition) is 2. The average molecular weight is 462 g/mol. The van der Waals surface area contributed by atoms with Crippen molar-refractivity contribution >= 4 is 52.3 Å². The van der Waals surface area contributed by atoms with Crippen LogP contribution in [0.1, 0.15) is 43.6 Å². The fourth-order valence-electron chi connectivity index (χ4n) is 3.67. The van der Waals surface area contributed by atoms with Gasteiger partial charge in [-0.1, -0.05) is 42.3 Å². The quantitative estimate of drug-likeness (QED) is 0.674. The average Bonchev–Trinajstić information content (AvgIpc) is 2.71. The van der Waals surface area contributed by atoms with Crippen LogP contribution < -0.4 is 5.32 Å². The predicted molar refractivity (Wildman–Crippen MR) is 119 cm³/mol. The smallest absolute Gasteiger partial charge is 0.335 e. The largest absolute Gasteiger partial charge is 0.479 e. The molecule has 2 atom stereocenters. The zero-order valence-corrected chi connectivity index (χ0v) is 18.9. The van der Waals surface area contributed by atoms with E-state index in [1.54, 1.807) is 45.0 Å². The van der Waals surface area contributed by atoms with Crippen LogP contribution in [0, 0.1) is 11.3 Å². The van der Waals surface area contributed by atoms with Gasteiger partial charge < -0.3 is 10.4 Å². The van der Waals surface area contributed by atoms with Crippen molar-refractivity contribution in [3.05, 3.63) is 57.8 Å². The fourth-order valence-corrected chi connectivity index (χ4v) is 4.20. The van der Waals surface area contributed by atoms with Gasteiger partial charge in [0.05, 0.1) is 26.9 Å². The van der Waals surface area contributed by atoms with Crippen LogP contribution in [0.3, 0.4) is 0 Å². The van der Waals surface area contributed by atoms with E-state index in [1.165, 1.54) is 19.3 Å². The molecular formula is C22H21Cl2N3O4. The molecule has 1 aliphatic carbocycles. The number of nitrogens with one attached hydrogen (secondary N) is 1. The Hall–Kier alpha value is -2.77. The lowest BCUT2D eigenvalue weighted by Crippen LogP contribution is -2.55. The number of benzene rings is 1. The van der Waals surface area contributed by atoms with E-state index < -0.39 is 28.7 Å². The third-order valence-electron chi connectivity index (χ3n) is 5.61. The number of amides is 1. The molecule has 0 aliphatic heterocycles. The van der Waals surface area contributed by atoms with Crippen molar-refractivity contribution < 1.29 is 19.5 Å². The predicted octanol–water partition coefficient (Wildman–Crippen LogP) is 4.63. The second-order valence-corrected chi connectivity index (χ2v) is 8.91. The van der Waals surface area contributed by atoms with Crippen molar-refractivity contribution in [2.45, 2.75) is 33.2 Å². The number of rotatable bonds is 5. The number of aliphatic imine (C=N–C) groups is 1. The van der Waals surface area contributed by atoms with E-state index in [1.807, 2.05) is 0 Å². The van der Waals surface area contributed by atoms with Crippen LogP contribution >= 0.6 is 23.2 Å². The summed E-state index contributed by atoms with van der Waals surface area (Å²) in [6.45, 7) is 6.69. The van der Waals surface area contributed by atoms with Crippen LogP contribution in [0.5, 0.6) is 0 Å². The summed E-state index contributed by atoms with van der Waals surface area (Å²) in [4.78, 5) is 45.1. The van der Waals surface area contributed by atoms with Gasteiger partial charge in [0.15, 0.2) is 11.3 Å². The molecule has 1 aromatic heterocycles. The summed E-state index contributed by atoms with van der Waals surface area (Å²) in [6, 6.07) is 6.28. The molecule has 1 aliphatic rings. The minimum atomic E-state index is -1.58. The molecule has 0 saturated heterocycles. The summed E-state index contributed by atoms with van der Waals surface area (Å²) in [6.07, 6.45) is 2.63. The molecule has 3 rings (SSSR count). The van der Waals surface area contributed by atoms with Gasteiger partial charge >= 0.3 is 5.97 Å². The summed E-state index contributed by atoms with van der Waals surface area (Å²) in [5.74, 6) is -2.04. The number of anilines is 1. The van der Waals surface area contributed by atoms with Crippen molar-refractivity contribution in [2.75, 3.05) is 5.32 Å².